The molecule has 0 N–H and O–H groups in total. The molecule has 1 amide bonds. The van der Waals surface area contributed by atoms with Crippen LogP contribution < -0.4 is 4.90 Å². The number of anilines is 1. The highest BCUT2D eigenvalue weighted by molar-refractivity contribution is 6.10. The van der Waals surface area contributed by atoms with Gasteiger partial charge in [0.15, 0.2) is 0 Å². The molecule has 1 aliphatic heterocycles. The Morgan fingerprint density at radius 3 is 2.36 bits per heavy atom. The lowest BCUT2D eigenvalue weighted by Crippen LogP contribution is -2.33. The lowest BCUT2D eigenvalue weighted by Gasteiger charge is -2.31. The highest BCUT2D eigenvalue weighted by atomic mass is 16.2. The van der Waals surface area contributed by atoms with Crippen molar-refractivity contribution in [3.63, 3.8) is 0 Å². The van der Waals surface area contributed by atoms with Crippen LogP contribution in [0.2, 0.25) is 0 Å². The molecule has 1 saturated carbocycles. The lowest BCUT2D eigenvalue weighted by atomic mass is 9.71. The van der Waals surface area contributed by atoms with Gasteiger partial charge in [-0.2, -0.15) is 0 Å². The van der Waals surface area contributed by atoms with E-state index < -0.39 is 0 Å². The molecule has 3 heteroatoms. The van der Waals surface area contributed by atoms with Crippen LogP contribution in [0.15, 0.2) is 48.5 Å². The van der Waals surface area contributed by atoms with Crippen molar-refractivity contribution in [3.8, 4) is 0 Å². The summed E-state index contributed by atoms with van der Waals surface area (Å²) in [7, 11) is 0. The quantitative estimate of drug-likeness (QED) is 0.848. The third-order valence-corrected chi connectivity index (χ3v) is 4.85. The summed E-state index contributed by atoms with van der Waals surface area (Å²) in [6, 6.07) is 15.6. The average Bonchev–Trinajstić information content (AvgIpc) is 2.90. The van der Waals surface area contributed by atoms with E-state index in [-0.39, 0.29) is 17.7 Å². The van der Waals surface area contributed by atoms with Gasteiger partial charge in [-0.15, -0.1) is 0 Å². The first-order valence-corrected chi connectivity index (χ1v) is 7.68. The molecule has 22 heavy (non-hydrogen) atoms. The second-order valence-corrected chi connectivity index (χ2v) is 6.23. The lowest BCUT2D eigenvalue weighted by molar-refractivity contribution is -0.130. The molecule has 1 aliphatic carbocycles. The zero-order valence-corrected chi connectivity index (χ0v) is 12.5. The molecule has 1 fully saturated rings. The smallest absolute Gasteiger partial charge is 0.258 e. The van der Waals surface area contributed by atoms with E-state index in [1.165, 1.54) is 0 Å². The number of carbonyl (C=O) groups is 2. The minimum atomic E-state index is 0.0514. The van der Waals surface area contributed by atoms with Crippen LogP contribution in [0.5, 0.6) is 0 Å². The van der Waals surface area contributed by atoms with Crippen LogP contribution >= 0.6 is 0 Å². The van der Waals surface area contributed by atoms with Crippen LogP contribution in [0, 0.1) is 5.92 Å². The van der Waals surface area contributed by atoms with Crippen molar-refractivity contribution in [2.24, 2.45) is 5.92 Å². The first kappa shape index (κ1) is 13.3. The molecule has 2 aromatic carbocycles. The fourth-order valence-corrected chi connectivity index (χ4v) is 3.42. The van der Waals surface area contributed by atoms with E-state index in [1.54, 1.807) is 4.90 Å². The van der Waals surface area contributed by atoms with Gasteiger partial charge in [0.05, 0.1) is 6.54 Å². The van der Waals surface area contributed by atoms with E-state index in [0.29, 0.717) is 12.3 Å². The van der Waals surface area contributed by atoms with Gasteiger partial charge < -0.3 is 4.90 Å². The Kier molecular flexibility index (Phi) is 2.89. The Labute approximate surface area is 129 Å². The van der Waals surface area contributed by atoms with E-state index in [0.717, 1.165) is 28.8 Å². The maximum absolute atomic E-state index is 12.5. The van der Waals surface area contributed by atoms with E-state index in [2.05, 4.69) is 0 Å². The predicted molar refractivity (Wildman–Crippen MR) is 84.9 cm³/mol. The van der Waals surface area contributed by atoms with Crippen molar-refractivity contribution in [1.29, 1.82) is 0 Å². The van der Waals surface area contributed by atoms with Crippen molar-refractivity contribution in [2.45, 2.75) is 25.8 Å². The summed E-state index contributed by atoms with van der Waals surface area (Å²) in [5.74, 6) is 0.629. The number of hydrogen-bond donors (Lipinski definition) is 0. The summed E-state index contributed by atoms with van der Waals surface area (Å²) in [6.07, 6.45) is 0.937. The van der Waals surface area contributed by atoms with Gasteiger partial charge in [-0.3, -0.25) is 9.59 Å². The molecule has 2 atom stereocenters. The molecular weight excluding hydrogens is 274 g/mol. The molecule has 0 aromatic heterocycles. The predicted octanol–water partition coefficient (Wildman–Crippen LogP) is 3.54. The Morgan fingerprint density at radius 2 is 1.73 bits per heavy atom. The van der Waals surface area contributed by atoms with Crippen LogP contribution in [-0.4, -0.2) is 11.7 Å². The molecule has 110 valence electrons. The van der Waals surface area contributed by atoms with E-state index in [4.69, 9.17) is 0 Å². The van der Waals surface area contributed by atoms with Gasteiger partial charge in [-0.25, -0.2) is 0 Å². The van der Waals surface area contributed by atoms with Crippen molar-refractivity contribution in [1.82, 2.24) is 0 Å². The fourth-order valence-electron chi connectivity index (χ4n) is 3.42. The Bertz CT molecular complexity index is 763. The highest BCUT2D eigenvalue weighted by Gasteiger charge is 2.37. The zero-order chi connectivity index (χ0) is 15.3. The van der Waals surface area contributed by atoms with Crippen molar-refractivity contribution >= 4 is 17.4 Å². The van der Waals surface area contributed by atoms with Crippen LogP contribution in [0.25, 0.3) is 0 Å². The van der Waals surface area contributed by atoms with Gasteiger partial charge in [0.25, 0.3) is 5.91 Å². The third kappa shape index (κ3) is 1.89. The maximum atomic E-state index is 12.5. The van der Waals surface area contributed by atoms with Crippen LogP contribution in [0.3, 0.4) is 0 Å². The van der Waals surface area contributed by atoms with Crippen LogP contribution in [0.1, 0.15) is 40.7 Å². The Hall–Kier alpha value is -2.42. The summed E-state index contributed by atoms with van der Waals surface area (Å²) in [6.45, 7) is 2.60. The summed E-state index contributed by atoms with van der Waals surface area (Å²) in [5.41, 5.74) is 3.81. The standard InChI is InChI=1S/C19H17NO2/c1-12-10-17(18(12)21)13-6-8-15(9-7-13)20-11-14-4-2-3-5-16(14)19(20)22/h2-9,12,17H,10-11H2,1H3. The highest BCUT2D eigenvalue weighted by Crippen LogP contribution is 2.38. The SMILES string of the molecule is CC1CC(c2ccc(N3Cc4ccccc4C3=O)cc2)C1=O. The molecule has 2 unspecified atom stereocenters. The first-order valence-electron chi connectivity index (χ1n) is 7.68. The number of carbonyl (C=O) groups excluding carboxylic acids is 2. The summed E-state index contributed by atoms with van der Waals surface area (Å²) in [4.78, 5) is 26.1. The normalized spacial score (nSPS) is 23.4. The van der Waals surface area contributed by atoms with Gasteiger partial charge in [0.1, 0.15) is 5.78 Å². The number of hydrogen-bond acceptors (Lipinski definition) is 2. The van der Waals surface area contributed by atoms with Crippen LogP contribution in [0.4, 0.5) is 5.69 Å². The average molecular weight is 291 g/mol. The van der Waals surface area contributed by atoms with Gasteiger partial charge in [0, 0.05) is 23.1 Å². The molecular formula is C19H17NO2. The van der Waals surface area contributed by atoms with Gasteiger partial charge in [-0.05, 0) is 35.7 Å². The van der Waals surface area contributed by atoms with E-state index in [1.807, 2.05) is 55.5 Å². The van der Waals surface area contributed by atoms with Crippen molar-refractivity contribution in [2.75, 3.05) is 4.90 Å². The summed E-state index contributed by atoms with van der Waals surface area (Å²) >= 11 is 0. The number of ketones is 1. The topological polar surface area (TPSA) is 37.4 Å². The summed E-state index contributed by atoms with van der Waals surface area (Å²) in [5, 5.41) is 0. The monoisotopic (exact) mass is 291 g/mol. The molecule has 2 aliphatic rings. The molecule has 2 aromatic rings. The molecule has 0 saturated heterocycles. The number of benzene rings is 2. The summed E-state index contributed by atoms with van der Waals surface area (Å²) < 4.78 is 0. The Morgan fingerprint density at radius 1 is 1.00 bits per heavy atom. The second kappa shape index (κ2) is 4.80. The molecule has 4 rings (SSSR count). The zero-order valence-electron chi connectivity index (χ0n) is 12.5. The number of amides is 1. The molecule has 0 radical (unpaired) electrons. The molecule has 0 spiro atoms. The maximum Gasteiger partial charge on any atom is 0.258 e. The third-order valence-electron chi connectivity index (χ3n) is 4.85. The number of Topliss-reactive ketones (excluding diaryl/α,β-unsaturated/α-hetero) is 1. The Balaban J connectivity index is 1.58. The van der Waals surface area contributed by atoms with Gasteiger partial charge in [0.2, 0.25) is 0 Å². The van der Waals surface area contributed by atoms with E-state index >= 15 is 0 Å². The number of fused-ring (bicyclic) bond motifs is 1. The van der Waals surface area contributed by atoms with Crippen LogP contribution in [-0.2, 0) is 11.3 Å². The van der Waals surface area contributed by atoms with E-state index in [9.17, 15) is 9.59 Å². The largest absolute Gasteiger partial charge is 0.304 e. The number of rotatable bonds is 2. The first-order chi connectivity index (χ1) is 10.6. The van der Waals surface area contributed by atoms with Crippen molar-refractivity contribution in [3.05, 3.63) is 65.2 Å². The molecule has 0 bridgehead atoms. The fraction of sp³-hybridized carbons (Fsp3) is 0.263. The van der Waals surface area contributed by atoms with Crippen molar-refractivity contribution < 1.29 is 9.59 Å². The second-order valence-electron chi connectivity index (χ2n) is 6.23. The van der Waals surface area contributed by atoms with Gasteiger partial charge in [-0.1, -0.05) is 37.3 Å². The minimum Gasteiger partial charge on any atom is -0.304 e. The van der Waals surface area contributed by atoms with Gasteiger partial charge >= 0.3 is 0 Å². The molecule has 1 heterocycles. The molecule has 3 nitrogen and oxygen atoms in total. The number of nitrogens with zero attached hydrogens (tertiary/aromatic N) is 1. The minimum absolute atomic E-state index is 0.0514.